The Bertz CT molecular complexity index is 279. The van der Waals surface area contributed by atoms with Crippen LogP contribution in [0.15, 0.2) is 10.6 Å². The Morgan fingerprint density at radius 2 is 2.29 bits per heavy atom. The van der Waals surface area contributed by atoms with Gasteiger partial charge in [0.2, 0.25) is 0 Å². The largest absolute Gasteiger partial charge is 0.361 e. The summed E-state index contributed by atoms with van der Waals surface area (Å²) in [6.07, 6.45) is 0.925. The zero-order valence-corrected chi connectivity index (χ0v) is 8.62. The van der Waals surface area contributed by atoms with Crippen LogP contribution in [0.4, 0.5) is 0 Å². The van der Waals surface area contributed by atoms with E-state index in [1.54, 1.807) is 0 Å². The topological polar surface area (TPSA) is 41.3 Å². The molecule has 0 amide bonds. The van der Waals surface area contributed by atoms with Gasteiger partial charge in [-0.3, -0.25) is 4.90 Å². The zero-order valence-electron chi connectivity index (χ0n) is 8.62. The third kappa shape index (κ3) is 2.33. The lowest BCUT2D eigenvalue weighted by atomic mass is 10.3. The molecule has 1 N–H and O–H groups in total. The first kappa shape index (κ1) is 9.68. The first-order valence-corrected chi connectivity index (χ1v) is 5.26. The second-order valence-corrected chi connectivity index (χ2v) is 3.66. The van der Waals surface area contributed by atoms with Gasteiger partial charge in [0.25, 0.3) is 0 Å². The highest BCUT2D eigenvalue weighted by Crippen LogP contribution is 2.07. The highest BCUT2D eigenvalue weighted by Gasteiger charge is 2.12. The molecule has 14 heavy (non-hydrogen) atoms. The van der Waals surface area contributed by atoms with E-state index in [-0.39, 0.29) is 0 Å². The van der Waals surface area contributed by atoms with Crippen molar-refractivity contribution >= 4 is 0 Å². The average Bonchev–Trinajstić information content (AvgIpc) is 2.67. The van der Waals surface area contributed by atoms with Crippen molar-refractivity contribution < 1.29 is 4.52 Å². The predicted molar refractivity (Wildman–Crippen MR) is 54.0 cm³/mol. The van der Waals surface area contributed by atoms with Gasteiger partial charge in [-0.05, 0) is 0 Å². The van der Waals surface area contributed by atoms with Crippen LogP contribution in [0.1, 0.15) is 18.4 Å². The maximum Gasteiger partial charge on any atom is 0.136 e. The summed E-state index contributed by atoms with van der Waals surface area (Å²) in [5, 5.41) is 7.38. The minimum Gasteiger partial charge on any atom is -0.361 e. The van der Waals surface area contributed by atoms with E-state index in [0.29, 0.717) is 0 Å². The molecule has 2 heterocycles. The number of piperazine rings is 1. The Labute approximate surface area is 84.3 Å². The molecule has 1 aliphatic rings. The van der Waals surface area contributed by atoms with E-state index < -0.39 is 0 Å². The lowest BCUT2D eigenvalue weighted by Gasteiger charge is -2.25. The summed E-state index contributed by atoms with van der Waals surface area (Å²) in [6, 6.07) is 2.06. The Morgan fingerprint density at radius 1 is 1.50 bits per heavy atom. The van der Waals surface area contributed by atoms with Gasteiger partial charge in [0.15, 0.2) is 0 Å². The molecule has 1 saturated heterocycles. The molecule has 4 heteroatoms. The van der Waals surface area contributed by atoms with Gasteiger partial charge in [-0.25, -0.2) is 0 Å². The zero-order chi connectivity index (χ0) is 9.80. The fraction of sp³-hybridized carbons (Fsp3) is 0.700. The Morgan fingerprint density at radius 3 is 2.93 bits per heavy atom. The second-order valence-electron chi connectivity index (χ2n) is 3.66. The quantitative estimate of drug-likeness (QED) is 0.768. The van der Waals surface area contributed by atoms with Crippen molar-refractivity contribution in [2.75, 3.05) is 26.2 Å². The van der Waals surface area contributed by atoms with Crippen molar-refractivity contribution in [2.24, 2.45) is 0 Å². The number of aromatic nitrogens is 1. The van der Waals surface area contributed by atoms with Crippen LogP contribution in [-0.2, 0) is 13.0 Å². The highest BCUT2D eigenvalue weighted by molar-refractivity contribution is 5.05. The van der Waals surface area contributed by atoms with Gasteiger partial charge < -0.3 is 9.84 Å². The van der Waals surface area contributed by atoms with Crippen LogP contribution in [0.5, 0.6) is 0 Å². The molecule has 4 nitrogen and oxygen atoms in total. The second kappa shape index (κ2) is 4.57. The fourth-order valence-electron chi connectivity index (χ4n) is 1.70. The van der Waals surface area contributed by atoms with Gasteiger partial charge in [0.05, 0.1) is 5.69 Å². The maximum absolute atomic E-state index is 5.16. The number of nitrogens with zero attached hydrogens (tertiary/aromatic N) is 2. The van der Waals surface area contributed by atoms with Gasteiger partial charge in [-0.1, -0.05) is 12.1 Å². The first-order valence-electron chi connectivity index (χ1n) is 5.26. The molecule has 0 radical (unpaired) electrons. The third-order valence-electron chi connectivity index (χ3n) is 2.55. The summed E-state index contributed by atoms with van der Waals surface area (Å²) in [7, 11) is 0. The van der Waals surface area contributed by atoms with Gasteiger partial charge in [0, 0.05) is 45.2 Å². The van der Waals surface area contributed by atoms with Gasteiger partial charge >= 0.3 is 0 Å². The van der Waals surface area contributed by atoms with Crippen molar-refractivity contribution in [1.82, 2.24) is 15.4 Å². The van der Waals surface area contributed by atoms with Gasteiger partial charge in [-0.2, -0.15) is 0 Å². The molecular formula is C10H17N3O. The molecule has 0 aromatic carbocycles. The molecule has 0 unspecified atom stereocenters. The van der Waals surface area contributed by atoms with Crippen molar-refractivity contribution in [3.63, 3.8) is 0 Å². The van der Waals surface area contributed by atoms with Crippen LogP contribution in [0.3, 0.4) is 0 Å². The van der Waals surface area contributed by atoms with Crippen molar-refractivity contribution in [3.8, 4) is 0 Å². The number of hydrogen-bond donors (Lipinski definition) is 1. The molecule has 78 valence electrons. The molecule has 0 aliphatic carbocycles. The van der Waals surface area contributed by atoms with Crippen LogP contribution in [-0.4, -0.2) is 36.2 Å². The summed E-state index contributed by atoms with van der Waals surface area (Å²) in [5.74, 6) is 0.982. The SMILES string of the molecule is CCc1cc(CN2CCNCC2)no1. The molecule has 0 atom stereocenters. The molecular weight excluding hydrogens is 178 g/mol. The summed E-state index contributed by atoms with van der Waals surface area (Å²) in [4.78, 5) is 2.40. The van der Waals surface area contributed by atoms with E-state index >= 15 is 0 Å². The van der Waals surface area contributed by atoms with Crippen LogP contribution < -0.4 is 5.32 Å². The molecule has 0 saturated carbocycles. The number of nitrogens with one attached hydrogen (secondary N) is 1. The van der Waals surface area contributed by atoms with Crippen LogP contribution in [0.25, 0.3) is 0 Å². The monoisotopic (exact) mass is 195 g/mol. The van der Waals surface area contributed by atoms with E-state index in [1.165, 1.54) is 0 Å². The molecule has 2 rings (SSSR count). The van der Waals surface area contributed by atoms with Crippen LogP contribution >= 0.6 is 0 Å². The Balaban J connectivity index is 1.89. The van der Waals surface area contributed by atoms with Crippen molar-refractivity contribution in [2.45, 2.75) is 19.9 Å². The molecule has 0 bridgehead atoms. The fourth-order valence-corrected chi connectivity index (χ4v) is 1.70. The Kier molecular flexibility index (Phi) is 3.16. The van der Waals surface area contributed by atoms with Gasteiger partial charge in [-0.15, -0.1) is 0 Å². The van der Waals surface area contributed by atoms with E-state index in [2.05, 4.69) is 28.4 Å². The van der Waals surface area contributed by atoms with Crippen molar-refractivity contribution in [3.05, 3.63) is 17.5 Å². The van der Waals surface area contributed by atoms with Gasteiger partial charge in [0.1, 0.15) is 5.76 Å². The van der Waals surface area contributed by atoms with E-state index in [1.807, 2.05) is 0 Å². The maximum atomic E-state index is 5.16. The van der Waals surface area contributed by atoms with Crippen LogP contribution in [0.2, 0.25) is 0 Å². The minimum atomic E-state index is 0.922. The summed E-state index contributed by atoms with van der Waals surface area (Å²) in [6.45, 7) is 7.37. The molecule has 0 spiro atoms. The predicted octanol–water partition coefficient (Wildman–Crippen LogP) is 0.642. The molecule has 1 aliphatic heterocycles. The summed E-state index contributed by atoms with van der Waals surface area (Å²) in [5.41, 5.74) is 1.06. The average molecular weight is 195 g/mol. The third-order valence-corrected chi connectivity index (χ3v) is 2.55. The summed E-state index contributed by atoms with van der Waals surface area (Å²) >= 11 is 0. The van der Waals surface area contributed by atoms with E-state index in [0.717, 1.165) is 50.6 Å². The van der Waals surface area contributed by atoms with E-state index in [4.69, 9.17) is 4.52 Å². The van der Waals surface area contributed by atoms with Crippen molar-refractivity contribution in [1.29, 1.82) is 0 Å². The van der Waals surface area contributed by atoms with Crippen LogP contribution in [0, 0.1) is 0 Å². The normalized spacial score (nSPS) is 18.6. The number of rotatable bonds is 3. The Hall–Kier alpha value is -0.870. The lowest BCUT2D eigenvalue weighted by molar-refractivity contribution is 0.226. The molecule has 1 aromatic heterocycles. The molecule has 1 aromatic rings. The number of aryl methyl sites for hydroxylation is 1. The number of hydrogen-bond acceptors (Lipinski definition) is 4. The highest BCUT2D eigenvalue weighted by atomic mass is 16.5. The summed E-state index contributed by atoms with van der Waals surface area (Å²) < 4.78 is 5.16. The standard InChI is InChI=1S/C10H17N3O/c1-2-10-7-9(12-14-10)8-13-5-3-11-4-6-13/h7,11H,2-6,8H2,1H3. The first-order chi connectivity index (χ1) is 6.88. The lowest BCUT2D eigenvalue weighted by Crippen LogP contribution is -2.42. The smallest absolute Gasteiger partial charge is 0.136 e. The van der Waals surface area contributed by atoms with E-state index in [9.17, 15) is 0 Å². The minimum absolute atomic E-state index is 0.922. The molecule has 1 fully saturated rings.